The molecule has 0 amide bonds. The third kappa shape index (κ3) is 3.78. The molecule has 3 heteroatoms. The molecule has 0 saturated carbocycles. The molecular weight excluding hydrogens is 220 g/mol. The monoisotopic (exact) mass is 240 g/mol. The lowest BCUT2D eigenvalue weighted by Crippen LogP contribution is -2.29. The Balaban J connectivity index is 0.00000128. The van der Waals surface area contributed by atoms with Gasteiger partial charge in [0.05, 0.1) is 0 Å². The number of benzene rings is 1. The Kier molecular flexibility index (Phi) is 5.81. The summed E-state index contributed by atoms with van der Waals surface area (Å²) in [5, 5.41) is 0. The molecule has 1 fully saturated rings. The topological polar surface area (TPSA) is 29.3 Å². The van der Waals surface area contributed by atoms with E-state index < -0.39 is 0 Å². The van der Waals surface area contributed by atoms with Gasteiger partial charge in [-0.2, -0.15) is 0 Å². The van der Waals surface area contributed by atoms with Crippen molar-refractivity contribution in [1.29, 1.82) is 0 Å². The summed E-state index contributed by atoms with van der Waals surface area (Å²) in [4.78, 5) is 2.54. The lowest BCUT2D eigenvalue weighted by molar-refractivity contribution is 0.221. The van der Waals surface area contributed by atoms with Crippen LogP contribution in [0, 0.1) is 0 Å². The Morgan fingerprint density at radius 3 is 2.06 bits per heavy atom. The molecule has 2 rings (SSSR count). The lowest BCUT2D eigenvalue weighted by atomic mass is 10.1. The van der Waals surface area contributed by atoms with Crippen molar-refractivity contribution in [3.8, 4) is 0 Å². The number of hydrogen-bond acceptors (Lipinski definition) is 2. The first-order valence-corrected chi connectivity index (χ1v) is 5.89. The quantitative estimate of drug-likeness (QED) is 0.880. The number of halogens is 1. The van der Waals surface area contributed by atoms with Gasteiger partial charge in [-0.3, -0.25) is 4.90 Å². The molecule has 1 heterocycles. The third-order valence-corrected chi connectivity index (χ3v) is 3.11. The molecule has 90 valence electrons. The maximum absolute atomic E-state index is 5.57. The molecule has 1 saturated heterocycles. The predicted octanol–water partition coefficient (Wildman–Crippen LogP) is 2.55. The summed E-state index contributed by atoms with van der Waals surface area (Å²) in [7, 11) is 0. The molecule has 0 unspecified atom stereocenters. The zero-order chi connectivity index (χ0) is 10.5. The molecular formula is C13H21ClN2. The molecule has 1 aliphatic rings. The molecule has 0 spiro atoms. The fraction of sp³-hybridized carbons (Fsp3) is 0.538. The summed E-state index contributed by atoms with van der Waals surface area (Å²) in [5.41, 5.74) is 8.20. The molecule has 1 aromatic rings. The van der Waals surface area contributed by atoms with Crippen LogP contribution in [0.4, 0.5) is 0 Å². The number of nitrogens with two attached hydrogens (primary N) is 1. The van der Waals surface area contributed by atoms with Gasteiger partial charge in [0.25, 0.3) is 0 Å². The normalized spacial score (nSPS) is 16.8. The van der Waals surface area contributed by atoms with E-state index in [4.69, 9.17) is 5.73 Å². The average molecular weight is 241 g/mol. The number of hydrogen-bond donors (Lipinski definition) is 1. The summed E-state index contributed by atoms with van der Waals surface area (Å²) in [6.07, 6.45) is 4.13. The Bertz CT molecular complexity index is 291. The smallest absolute Gasteiger partial charge is 0.0233 e. The van der Waals surface area contributed by atoms with E-state index >= 15 is 0 Å². The van der Waals surface area contributed by atoms with Crippen molar-refractivity contribution < 1.29 is 0 Å². The van der Waals surface area contributed by atoms with Crippen LogP contribution in [0.2, 0.25) is 0 Å². The van der Waals surface area contributed by atoms with Crippen molar-refractivity contribution in [1.82, 2.24) is 4.90 Å². The van der Waals surface area contributed by atoms with Gasteiger partial charge in [-0.1, -0.05) is 30.7 Å². The van der Waals surface area contributed by atoms with Gasteiger partial charge < -0.3 is 5.73 Å². The highest BCUT2D eigenvalue weighted by Crippen LogP contribution is 2.13. The van der Waals surface area contributed by atoms with Crippen molar-refractivity contribution in [2.75, 3.05) is 13.1 Å². The minimum Gasteiger partial charge on any atom is -0.326 e. The van der Waals surface area contributed by atoms with Crippen molar-refractivity contribution >= 4 is 12.4 Å². The van der Waals surface area contributed by atoms with E-state index in [0.29, 0.717) is 6.54 Å². The number of rotatable bonds is 3. The standard InChI is InChI=1S/C13H20N2.ClH/c14-10-12-4-6-13(7-5-12)11-15-8-2-1-3-9-15;/h4-7H,1-3,8-11,14H2;1H. The predicted molar refractivity (Wildman–Crippen MR) is 70.7 cm³/mol. The lowest BCUT2D eigenvalue weighted by Gasteiger charge is -2.26. The first kappa shape index (κ1) is 13.5. The van der Waals surface area contributed by atoms with Crippen LogP contribution in [0.15, 0.2) is 24.3 Å². The zero-order valence-corrected chi connectivity index (χ0v) is 10.5. The molecule has 2 nitrogen and oxygen atoms in total. The van der Waals surface area contributed by atoms with E-state index in [2.05, 4.69) is 29.2 Å². The van der Waals surface area contributed by atoms with Crippen LogP contribution in [0.25, 0.3) is 0 Å². The zero-order valence-electron chi connectivity index (χ0n) is 9.69. The number of likely N-dealkylation sites (tertiary alicyclic amines) is 1. The second kappa shape index (κ2) is 6.89. The van der Waals surface area contributed by atoms with E-state index in [1.54, 1.807) is 0 Å². The number of nitrogens with zero attached hydrogens (tertiary/aromatic N) is 1. The maximum Gasteiger partial charge on any atom is 0.0233 e. The summed E-state index contributed by atoms with van der Waals surface area (Å²) in [6, 6.07) is 8.69. The molecule has 1 aromatic carbocycles. The first-order valence-electron chi connectivity index (χ1n) is 5.89. The van der Waals surface area contributed by atoms with Gasteiger partial charge in [-0.25, -0.2) is 0 Å². The van der Waals surface area contributed by atoms with Crippen molar-refractivity contribution in [3.63, 3.8) is 0 Å². The number of piperidine rings is 1. The molecule has 2 N–H and O–H groups in total. The van der Waals surface area contributed by atoms with E-state index in [9.17, 15) is 0 Å². The second-order valence-corrected chi connectivity index (χ2v) is 4.36. The third-order valence-electron chi connectivity index (χ3n) is 3.11. The maximum atomic E-state index is 5.57. The molecule has 1 aliphatic heterocycles. The van der Waals surface area contributed by atoms with Gasteiger partial charge in [0.15, 0.2) is 0 Å². The van der Waals surface area contributed by atoms with Gasteiger partial charge in [0.2, 0.25) is 0 Å². The van der Waals surface area contributed by atoms with Crippen LogP contribution in [0.5, 0.6) is 0 Å². The largest absolute Gasteiger partial charge is 0.326 e. The van der Waals surface area contributed by atoms with E-state index in [1.165, 1.54) is 43.5 Å². The highest BCUT2D eigenvalue weighted by atomic mass is 35.5. The van der Waals surface area contributed by atoms with E-state index in [1.807, 2.05) is 0 Å². The van der Waals surface area contributed by atoms with E-state index in [0.717, 1.165) is 6.54 Å². The van der Waals surface area contributed by atoms with Crippen LogP contribution in [0.3, 0.4) is 0 Å². The van der Waals surface area contributed by atoms with Crippen LogP contribution < -0.4 is 5.73 Å². The van der Waals surface area contributed by atoms with Crippen LogP contribution >= 0.6 is 12.4 Å². The molecule has 0 aromatic heterocycles. The highest BCUT2D eigenvalue weighted by Gasteiger charge is 2.09. The Morgan fingerprint density at radius 2 is 1.50 bits per heavy atom. The second-order valence-electron chi connectivity index (χ2n) is 4.36. The van der Waals surface area contributed by atoms with Gasteiger partial charge in [0.1, 0.15) is 0 Å². The van der Waals surface area contributed by atoms with Crippen LogP contribution in [-0.2, 0) is 13.1 Å². The van der Waals surface area contributed by atoms with Crippen molar-refractivity contribution in [2.24, 2.45) is 5.73 Å². The van der Waals surface area contributed by atoms with Crippen molar-refractivity contribution in [2.45, 2.75) is 32.4 Å². The van der Waals surface area contributed by atoms with Gasteiger partial charge >= 0.3 is 0 Å². The Morgan fingerprint density at radius 1 is 0.938 bits per heavy atom. The minimum absolute atomic E-state index is 0. The summed E-state index contributed by atoms with van der Waals surface area (Å²) in [5.74, 6) is 0. The Labute approximate surface area is 104 Å². The van der Waals surface area contributed by atoms with E-state index in [-0.39, 0.29) is 12.4 Å². The summed E-state index contributed by atoms with van der Waals surface area (Å²) >= 11 is 0. The highest BCUT2D eigenvalue weighted by molar-refractivity contribution is 5.85. The fourth-order valence-corrected chi connectivity index (χ4v) is 2.16. The van der Waals surface area contributed by atoms with Gasteiger partial charge in [-0.15, -0.1) is 12.4 Å². The Hall–Kier alpha value is -0.570. The summed E-state index contributed by atoms with van der Waals surface area (Å²) < 4.78 is 0. The SMILES string of the molecule is Cl.NCc1ccc(CN2CCCCC2)cc1. The molecule has 0 atom stereocenters. The van der Waals surface area contributed by atoms with Gasteiger partial charge in [-0.05, 0) is 37.1 Å². The fourth-order valence-electron chi connectivity index (χ4n) is 2.16. The first-order chi connectivity index (χ1) is 7.38. The molecule has 0 bridgehead atoms. The van der Waals surface area contributed by atoms with Gasteiger partial charge in [0, 0.05) is 13.1 Å². The average Bonchev–Trinajstić information content (AvgIpc) is 2.31. The van der Waals surface area contributed by atoms with Crippen LogP contribution in [-0.4, -0.2) is 18.0 Å². The minimum atomic E-state index is 0. The summed E-state index contributed by atoms with van der Waals surface area (Å²) in [6.45, 7) is 4.27. The molecule has 0 radical (unpaired) electrons. The molecule has 16 heavy (non-hydrogen) atoms. The molecule has 0 aliphatic carbocycles. The van der Waals surface area contributed by atoms with Crippen molar-refractivity contribution in [3.05, 3.63) is 35.4 Å². The van der Waals surface area contributed by atoms with Crippen LogP contribution in [0.1, 0.15) is 30.4 Å².